The summed E-state index contributed by atoms with van der Waals surface area (Å²) in [7, 11) is 1.64. The second kappa shape index (κ2) is 9.02. The van der Waals surface area contributed by atoms with Crippen LogP contribution < -0.4 is 4.74 Å². The Balaban J connectivity index is 1.67. The van der Waals surface area contributed by atoms with Gasteiger partial charge in [-0.15, -0.1) is 12.3 Å². The number of aromatic nitrogens is 1. The van der Waals surface area contributed by atoms with Gasteiger partial charge in [0.05, 0.1) is 12.6 Å². The molecule has 0 saturated heterocycles. The smallest absolute Gasteiger partial charge is 0.232 e. The third kappa shape index (κ3) is 4.17. The Kier molecular flexibility index (Phi) is 6.02. The highest BCUT2D eigenvalue weighted by molar-refractivity contribution is 6.00. The minimum absolute atomic E-state index is 0.00926. The van der Waals surface area contributed by atoms with Crippen LogP contribution >= 0.6 is 0 Å². The molecule has 2 heterocycles. The SMILES string of the molecule is C#CCCC(=O)n1cc(C2=CCCN(Cc3ccccc3)C2)c2ccc(OC)cc21. The second-order valence-electron chi connectivity index (χ2n) is 7.61. The van der Waals surface area contributed by atoms with E-state index in [1.54, 1.807) is 11.7 Å². The fraction of sp³-hybridized carbons (Fsp3) is 0.269. The molecule has 1 aliphatic rings. The van der Waals surface area contributed by atoms with Gasteiger partial charge in [-0.25, -0.2) is 0 Å². The molecule has 3 aromatic rings. The van der Waals surface area contributed by atoms with E-state index in [1.165, 1.54) is 11.1 Å². The molecule has 30 heavy (non-hydrogen) atoms. The van der Waals surface area contributed by atoms with Crippen LogP contribution in [0.5, 0.6) is 5.75 Å². The first-order valence-corrected chi connectivity index (χ1v) is 10.3. The maximum absolute atomic E-state index is 12.8. The largest absolute Gasteiger partial charge is 0.497 e. The number of terminal acetylenes is 1. The summed E-state index contributed by atoms with van der Waals surface area (Å²) in [5.41, 5.74) is 4.55. The number of fused-ring (bicyclic) bond motifs is 1. The number of carbonyl (C=O) groups is 1. The molecule has 0 bridgehead atoms. The Labute approximate surface area is 177 Å². The first-order valence-electron chi connectivity index (χ1n) is 10.3. The quantitative estimate of drug-likeness (QED) is 0.549. The van der Waals surface area contributed by atoms with Gasteiger partial charge in [0, 0.05) is 55.7 Å². The third-order valence-electron chi connectivity index (χ3n) is 5.59. The van der Waals surface area contributed by atoms with Crippen molar-refractivity contribution >= 4 is 22.4 Å². The van der Waals surface area contributed by atoms with Crippen molar-refractivity contribution in [2.24, 2.45) is 0 Å². The molecule has 0 aliphatic carbocycles. The fourth-order valence-electron chi connectivity index (χ4n) is 4.07. The van der Waals surface area contributed by atoms with E-state index in [1.807, 2.05) is 30.5 Å². The van der Waals surface area contributed by atoms with Gasteiger partial charge in [-0.3, -0.25) is 14.3 Å². The van der Waals surface area contributed by atoms with Crippen molar-refractivity contribution in [1.82, 2.24) is 9.47 Å². The van der Waals surface area contributed by atoms with Crippen LogP contribution in [0.15, 0.2) is 60.8 Å². The number of nitrogens with zero attached hydrogens (tertiary/aromatic N) is 2. The average Bonchev–Trinajstić information content (AvgIpc) is 3.17. The Morgan fingerprint density at radius 3 is 2.80 bits per heavy atom. The zero-order valence-electron chi connectivity index (χ0n) is 17.3. The molecule has 4 rings (SSSR count). The van der Waals surface area contributed by atoms with Gasteiger partial charge in [0.1, 0.15) is 5.75 Å². The predicted octanol–water partition coefficient (Wildman–Crippen LogP) is 4.99. The van der Waals surface area contributed by atoms with E-state index in [2.05, 4.69) is 41.2 Å². The van der Waals surface area contributed by atoms with Crippen LogP contribution in [0, 0.1) is 12.3 Å². The molecule has 0 N–H and O–H groups in total. The van der Waals surface area contributed by atoms with E-state index in [-0.39, 0.29) is 5.91 Å². The van der Waals surface area contributed by atoms with Gasteiger partial charge in [0.25, 0.3) is 0 Å². The molecule has 0 radical (unpaired) electrons. The van der Waals surface area contributed by atoms with Crippen LogP contribution in [-0.2, 0) is 6.54 Å². The molecule has 0 fully saturated rings. The lowest BCUT2D eigenvalue weighted by atomic mass is 10.00. The number of benzene rings is 2. The van der Waals surface area contributed by atoms with Crippen molar-refractivity contribution in [3.05, 3.63) is 71.9 Å². The molecule has 1 aliphatic heterocycles. The molecule has 0 saturated carbocycles. The van der Waals surface area contributed by atoms with Gasteiger partial charge in [-0.05, 0) is 29.7 Å². The van der Waals surface area contributed by atoms with E-state index >= 15 is 0 Å². The van der Waals surface area contributed by atoms with E-state index in [9.17, 15) is 4.79 Å². The van der Waals surface area contributed by atoms with Gasteiger partial charge in [0.15, 0.2) is 0 Å². The summed E-state index contributed by atoms with van der Waals surface area (Å²) in [6.07, 6.45) is 11.4. The molecular formula is C26H26N2O2. The van der Waals surface area contributed by atoms with Crippen LogP contribution in [0.4, 0.5) is 0 Å². The standard InChI is InChI=1S/C26H26N2O2/c1-3-4-12-26(29)28-19-24(23-14-13-22(30-2)16-25(23)28)21-11-8-15-27(18-21)17-20-9-6-5-7-10-20/h1,5-7,9-11,13-14,16,19H,4,8,12,15,17-18H2,2H3. The van der Waals surface area contributed by atoms with Gasteiger partial charge < -0.3 is 4.74 Å². The van der Waals surface area contributed by atoms with Crippen molar-refractivity contribution in [1.29, 1.82) is 0 Å². The maximum atomic E-state index is 12.8. The number of ether oxygens (including phenoxy) is 1. The lowest BCUT2D eigenvalue weighted by molar-refractivity contribution is 0.0910. The zero-order chi connectivity index (χ0) is 20.9. The maximum Gasteiger partial charge on any atom is 0.232 e. The van der Waals surface area contributed by atoms with Crippen molar-refractivity contribution in [3.8, 4) is 18.1 Å². The van der Waals surface area contributed by atoms with E-state index in [0.29, 0.717) is 12.8 Å². The highest BCUT2D eigenvalue weighted by Crippen LogP contribution is 2.32. The Morgan fingerprint density at radius 1 is 1.20 bits per heavy atom. The third-order valence-corrected chi connectivity index (χ3v) is 5.59. The number of methoxy groups -OCH3 is 1. The van der Waals surface area contributed by atoms with Crippen LogP contribution in [0.3, 0.4) is 0 Å². The van der Waals surface area contributed by atoms with Crippen molar-refractivity contribution in [2.45, 2.75) is 25.8 Å². The van der Waals surface area contributed by atoms with Gasteiger partial charge in [-0.1, -0.05) is 36.4 Å². The highest BCUT2D eigenvalue weighted by atomic mass is 16.5. The summed E-state index contributed by atoms with van der Waals surface area (Å²) in [5.74, 6) is 3.31. The lowest BCUT2D eigenvalue weighted by Gasteiger charge is -2.27. The number of hydrogen-bond acceptors (Lipinski definition) is 3. The molecule has 0 unspecified atom stereocenters. The van der Waals surface area contributed by atoms with Gasteiger partial charge in [-0.2, -0.15) is 0 Å². The minimum atomic E-state index is 0.00926. The summed E-state index contributed by atoms with van der Waals surface area (Å²) >= 11 is 0. The Morgan fingerprint density at radius 2 is 2.03 bits per heavy atom. The van der Waals surface area contributed by atoms with Crippen molar-refractivity contribution < 1.29 is 9.53 Å². The van der Waals surface area contributed by atoms with Gasteiger partial charge >= 0.3 is 0 Å². The normalized spacial score (nSPS) is 14.3. The second-order valence-corrected chi connectivity index (χ2v) is 7.61. The topological polar surface area (TPSA) is 34.5 Å². The molecule has 2 aromatic carbocycles. The van der Waals surface area contributed by atoms with Crippen LogP contribution in [0.2, 0.25) is 0 Å². The summed E-state index contributed by atoms with van der Waals surface area (Å²) < 4.78 is 7.13. The molecule has 0 spiro atoms. The average molecular weight is 399 g/mol. The molecule has 152 valence electrons. The fourth-order valence-corrected chi connectivity index (χ4v) is 4.07. The molecule has 4 nitrogen and oxygen atoms in total. The molecule has 4 heteroatoms. The molecule has 0 amide bonds. The summed E-state index contributed by atoms with van der Waals surface area (Å²) in [6.45, 7) is 2.82. The number of hydrogen-bond donors (Lipinski definition) is 0. The van der Waals surface area contributed by atoms with Crippen LogP contribution in [-0.4, -0.2) is 35.6 Å². The van der Waals surface area contributed by atoms with E-state index < -0.39 is 0 Å². The Hall–Kier alpha value is -3.29. The minimum Gasteiger partial charge on any atom is -0.497 e. The lowest BCUT2D eigenvalue weighted by Crippen LogP contribution is -2.29. The highest BCUT2D eigenvalue weighted by Gasteiger charge is 2.20. The summed E-state index contributed by atoms with van der Waals surface area (Å²) in [4.78, 5) is 15.3. The Bertz CT molecular complexity index is 1120. The summed E-state index contributed by atoms with van der Waals surface area (Å²) in [6, 6.07) is 16.5. The molecule has 0 atom stereocenters. The first-order chi connectivity index (χ1) is 14.7. The summed E-state index contributed by atoms with van der Waals surface area (Å²) in [5, 5.41) is 1.07. The monoisotopic (exact) mass is 398 g/mol. The zero-order valence-corrected chi connectivity index (χ0v) is 17.3. The molecule has 1 aromatic heterocycles. The van der Waals surface area contributed by atoms with Crippen molar-refractivity contribution in [3.63, 3.8) is 0 Å². The van der Waals surface area contributed by atoms with Crippen LogP contribution in [0.1, 0.15) is 35.2 Å². The number of carbonyl (C=O) groups excluding carboxylic acids is 1. The number of rotatable bonds is 6. The van der Waals surface area contributed by atoms with Gasteiger partial charge in [0.2, 0.25) is 5.91 Å². The van der Waals surface area contributed by atoms with Crippen LogP contribution in [0.25, 0.3) is 16.5 Å². The predicted molar refractivity (Wildman–Crippen MR) is 121 cm³/mol. The van der Waals surface area contributed by atoms with E-state index in [0.717, 1.165) is 48.3 Å². The first kappa shape index (κ1) is 20.0. The van der Waals surface area contributed by atoms with E-state index in [4.69, 9.17) is 11.2 Å². The molecular weight excluding hydrogens is 372 g/mol. The van der Waals surface area contributed by atoms with Crippen molar-refractivity contribution in [2.75, 3.05) is 20.2 Å².